The first kappa shape index (κ1) is 103. The summed E-state index contributed by atoms with van der Waals surface area (Å²) >= 11 is 0. The third kappa shape index (κ3) is 98.0. The fourth-order valence-electron chi connectivity index (χ4n) is 17.7. The van der Waals surface area contributed by atoms with Crippen molar-refractivity contribution >= 4 is 0 Å². The Kier molecular flexibility index (Phi) is 96.1. The molecule has 0 aromatic rings. The average Bonchev–Trinajstić information content (AvgIpc) is 2.60. The molecule has 0 aromatic heterocycles. The molecule has 0 aromatic carbocycles. The van der Waals surface area contributed by atoms with Gasteiger partial charge in [-0.2, -0.15) is 0 Å². The standard InChI is InChI=1S/C102H206O/c1-5-6-7-8-9-10-11-12-13-14-15-16-17-18-19-20-21-22-23-24-25-26-27-28-29-30-31-32-33-34-35-36-37-38-39-40-41-42-43-44-45-46-47-48-49-50-51-52-53-54-55-56-57-58-59-60-61-62-63-64-65-66-67-68-69-70-71-72-73-74-75-76-77-78-79-80-81-82-83-84-85-86-87-88-89-90-91-92-93-94-95-96-97-101(4)99-102(103)98-100(2)3/h100-103H,5-99H2,1-4H3. The van der Waals surface area contributed by atoms with Crippen LogP contribution in [0.5, 0.6) is 0 Å². The molecule has 0 rings (SSSR count). The molecule has 0 saturated carbocycles. The van der Waals surface area contributed by atoms with Crippen LogP contribution in [0.15, 0.2) is 0 Å². The minimum absolute atomic E-state index is 0.0873. The number of rotatable bonds is 97. The Morgan fingerprint density at radius 2 is 0.233 bits per heavy atom. The van der Waals surface area contributed by atoms with Gasteiger partial charge >= 0.3 is 0 Å². The summed E-state index contributed by atoms with van der Waals surface area (Å²) in [6.07, 6.45) is 140. The summed E-state index contributed by atoms with van der Waals surface area (Å²) in [6, 6.07) is 0. The molecular formula is C102H206O. The van der Waals surface area contributed by atoms with Gasteiger partial charge in [-0.1, -0.05) is 625 Å². The lowest BCUT2D eigenvalue weighted by Gasteiger charge is -2.17. The van der Waals surface area contributed by atoms with Crippen molar-refractivity contribution in [2.24, 2.45) is 11.8 Å². The van der Waals surface area contributed by atoms with Crippen LogP contribution in [0.2, 0.25) is 0 Å². The first-order chi connectivity index (χ1) is 51.1. The minimum Gasteiger partial charge on any atom is -0.393 e. The van der Waals surface area contributed by atoms with Crippen molar-refractivity contribution in [2.75, 3.05) is 0 Å². The molecule has 1 nitrogen and oxygen atoms in total. The van der Waals surface area contributed by atoms with Crippen molar-refractivity contribution in [1.29, 1.82) is 0 Å². The molecular weight excluding hydrogens is 1240 g/mol. The predicted octanol–water partition coefficient (Wildman–Crippen LogP) is 38.7. The highest BCUT2D eigenvalue weighted by Gasteiger charge is 2.12. The lowest BCUT2D eigenvalue weighted by atomic mass is 9.93. The van der Waals surface area contributed by atoms with Crippen LogP contribution in [-0.2, 0) is 0 Å². The smallest absolute Gasteiger partial charge is 0.0545 e. The first-order valence-corrected chi connectivity index (χ1v) is 50.7. The van der Waals surface area contributed by atoms with E-state index in [0.717, 1.165) is 12.8 Å². The van der Waals surface area contributed by atoms with E-state index in [1.54, 1.807) is 0 Å². The van der Waals surface area contributed by atoms with Crippen molar-refractivity contribution in [2.45, 2.75) is 644 Å². The van der Waals surface area contributed by atoms with Crippen LogP contribution in [0.1, 0.15) is 638 Å². The molecule has 0 heterocycles. The number of aliphatic hydroxyl groups is 1. The van der Waals surface area contributed by atoms with Crippen molar-refractivity contribution in [1.82, 2.24) is 0 Å². The van der Waals surface area contributed by atoms with Gasteiger partial charge < -0.3 is 5.11 Å². The number of hydrogen-bond acceptors (Lipinski definition) is 1. The van der Waals surface area contributed by atoms with Crippen molar-refractivity contribution in [3.63, 3.8) is 0 Å². The van der Waals surface area contributed by atoms with Gasteiger partial charge in [-0.3, -0.25) is 0 Å². The zero-order valence-corrected chi connectivity index (χ0v) is 73.4. The maximum Gasteiger partial charge on any atom is 0.0545 e. The molecule has 0 amide bonds. The van der Waals surface area contributed by atoms with Crippen LogP contribution in [0.4, 0.5) is 0 Å². The van der Waals surface area contributed by atoms with Gasteiger partial charge in [0.1, 0.15) is 0 Å². The maximum absolute atomic E-state index is 10.2. The summed E-state index contributed by atoms with van der Waals surface area (Å²) in [6.45, 7) is 9.08. The molecule has 620 valence electrons. The molecule has 2 unspecified atom stereocenters. The highest BCUT2D eigenvalue weighted by Crippen LogP contribution is 2.25. The second-order valence-corrected chi connectivity index (χ2v) is 36.6. The normalized spacial score (nSPS) is 12.5. The molecule has 0 aliphatic heterocycles. The summed E-state index contributed by atoms with van der Waals surface area (Å²) in [5, 5.41) is 10.2. The van der Waals surface area contributed by atoms with Crippen molar-refractivity contribution in [3.8, 4) is 0 Å². The van der Waals surface area contributed by atoms with Crippen LogP contribution < -0.4 is 0 Å². The molecule has 0 radical (unpaired) electrons. The Hall–Kier alpha value is -0.0400. The Morgan fingerprint density at radius 3 is 0.330 bits per heavy atom. The third-order valence-corrected chi connectivity index (χ3v) is 25.0. The molecule has 0 saturated heterocycles. The molecule has 0 spiro atoms. The lowest BCUT2D eigenvalue weighted by molar-refractivity contribution is 0.120. The second kappa shape index (κ2) is 96.2. The average molecular weight is 1450 g/mol. The Labute approximate surface area is 656 Å². The van der Waals surface area contributed by atoms with Gasteiger partial charge in [-0.15, -0.1) is 0 Å². The largest absolute Gasteiger partial charge is 0.393 e. The fourth-order valence-corrected chi connectivity index (χ4v) is 17.7. The monoisotopic (exact) mass is 1450 g/mol. The van der Waals surface area contributed by atoms with Crippen molar-refractivity contribution < 1.29 is 5.11 Å². The van der Waals surface area contributed by atoms with E-state index in [1.807, 2.05) is 0 Å². The topological polar surface area (TPSA) is 20.2 Å². The quantitative estimate of drug-likeness (QED) is 0.0602. The summed E-state index contributed by atoms with van der Waals surface area (Å²) < 4.78 is 0. The van der Waals surface area contributed by atoms with E-state index in [1.165, 1.54) is 597 Å². The molecule has 0 bridgehead atoms. The predicted molar refractivity (Wildman–Crippen MR) is 474 cm³/mol. The van der Waals surface area contributed by atoms with Gasteiger partial charge in [0.25, 0.3) is 0 Å². The van der Waals surface area contributed by atoms with Crippen LogP contribution >= 0.6 is 0 Å². The molecule has 1 N–H and O–H groups in total. The molecule has 0 aliphatic carbocycles. The Bertz CT molecular complexity index is 1400. The SMILES string of the molecule is CCCCCCCCCCCCCCCCCCCCCCCCCCCCCCCCCCCCCCCCCCCCCCCCCCCCCCCCCCCCCCCCCCCCCCCCCCCCCCCCCCCCCCCCCCCCCCC(C)CC(O)CC(C)C. The summed E-state index contributed by atoms with van der Waals surface area (Å²) in [5.74, 6) is 1.29. The Morgan fingerprint density at radius 1 is 0.136 bits per heavy atom. The van der Waals surface area contributed by atoms with Crippen LogP contribution in [0, 0.1) is 11.8 Å². The van der Waals surface area contributed by atoms with Gasteiger partial charge in [0.15, 0.2) is 0 Å². The molecule has 0 fully saturated rings. The van der Waals surface area contributed by atoms with Crippen LogP contribution in [-0.4, -0.2) is 11.2 Å². The summed E-state index contributed by atoms with van der Waals surface area (Å²) in [7, 11) is 0. The van der Waals surface area contributed by atoms with Gasteiger partial charge in [0.2, 0.25) is 0 Å². The van der Waals surface area contributed by atoms with E-state index in [2.05, 4.69) is 27.7 Å². The highest BCUT2D eigenvalue weighted by molar-refractivity contribution is 4.65. The van der Waals surface area contributed by atoms with E-state index in [0.29, 0.717) is 11.8 Å². The first-order valence-electron chi connectivity index (χ1n) is 50.7. The van der Waals surface area contributed by atoms with Crippen LogP contribution in [0.3, 0.4) is 0 Å². The van der Waals surface area contributed by atoms with Gasteiger partial charge in [0, 0.05) is 0 Å². The van der Waals surface area contributed by atoms with E-state index >= 15 is 0 Å². The van der Waals surface area contributed by atoms with Crippen LogP contribution in [0.25, 0.3) is 0 Å². The lowest BCUT2D eigenvalue weighted by Crippen LogP contribution is -2.14. The second-order valence-electron chi connectivity index (χ2n) is 36.6. The van der Waals surface area contributed by atoms with E-state index < -0.39 is 0 Å². The fraction of sp³-hybridized carbons (Fsp3) is 1.00. The maximum atomic E-state index is 10.2. The summed E-state index contributed by atoms with van der Waals surface area (Å²) in [4.78, 5) is 0. The molecule has 103 heavy (non-hydrogen) atoms. The van der Waals surface area contributed by atoms with Gasteiger partial charge in [-0.25, -0.2) is 0 Å². The minimum atomic E-state index is -0.0873. The number of hydrogen-bond donors (Lipinski definition) is 1. The van der Waals surface area contributed by atoms with E-state index in [-0.39, 0.29) is 6.10 Å². The number of aliphatic hydroxyl groups excluding tert-OH is 1. The zero-order valence-electron chi connectivity index (χ0n) is 73.4. The van der Waals surface area contributed by atoms with E-state index in [4.69, 9.17) is 0 Å². The molecule has 2 atom stereocenters. The molecule has 1 heteroatoms. The summed E-state index contributed by atoms with van der Waals surface area (Å²) in [5.41, 5.74) is 0. The Balaban J connectivity index is 3.11. The zero-order chi connectivity index (χ0) is 73.9. The van der Waals surface area contributed by atoms with E-state index in [9.17, 15) is 5.11 Å². The van der Waals surface area contributed by atoms with Gasteiger partial charge in [-0.05, 0) is 24.7 Å². The third-order valence-electron chi connectivity index (χ3n) is 25.0. The highest BCUT2D eigenvalue weighted by atomic mass is 16.3. The molecule has 0 aliphatic rings. The number of unbranched alkanes of at least 4 members (excludes halogenated alkanes) is 91. The van der Waals surface area contributed by atoms with Gasteiger partial charge in [0.05, 0.1) is 6.10 Å². The van der Waals surface area contributed by atoms with Crippen molar-refractivity contribution in [3.05, 3.63) is 0 Å².